The number of nitrogens with one attached hydrogen (secondary N) is 2. The van der Waals surface area contributed by atoms with E-state index in [1.54, 1.807) is 42.5 Å². The van der Waals surface area contributed by atoms with Crippen LogP contribution in [0.3, 0.4) is 0 Å². The van der Waals surface area contributed by atoms with E-state index in [2.05, 4.69) is 15.0 Å². The molecule has 0 aliphatic rings. The molecule has 34 heavy (non-hydrogen) atoms. The molecule has 5 rings (SSSR count). The molecule has 2 aromatic carbocycles. The van der Waals surface area contributed by atoms with Gasteiger partial charge in [0.25, 0.3) is 11.1 Å². The lowest BCUT2D eigenvalue weighted by molar-refractivity contribution is 0.538. The average Bonchev–Trinajstić information content (AvgIpc) is 3.34. The van der Waals surface area contributed by atoms with Crippen molar-refractivity contribution in [2.24, 2.45) is 0 Å². The van der Waals surface area contributed by atoms with E-state index in [-0.39, 0.29) is 11.1 Å². The third kappa shape index (κ3) is 4.65. The molecule has 6 nitrogen and oxygen atoms in total. The molecule has 5 aromatic rings. The van der Waals surface area contributed by atoms with Gasteiger partial charge in [0.15, 0.2) is 0 Å². The topological polar surface area (TPSA) is 91.8 Å². The fourth-order valence-corrected chi connectivity index (χ4v) is 4.37. The first kappa shape index (κ1) is 21.7. The quantitative estimate of drug-likeness (QED) is 0.315. The zero-order chi connectivity index (χ0) is 23.5. The van der Waals surface area contributed by atoms with Gasteiger partial charge in [-0.25, -0.2) is 4.98 Å². The Kier molecular flexibility index (Phi) is 6.01. The van der Waals surface area contributed by atoms with Crippen molar-refractivity contribution in [1.29, 1.82) is 0 Å². The summed E-state index contributed by atoms with van der Waals surface area (Å²) in [4.78, 5) is 35.3. The van der Waals surface area contributed by atoms with Gasteiger partial charge in [-0.15, -0.1) is 11.8 Å². The molecule has 0 spiro atoms. The SMILES string of the molecule is Cc1ccc(-c2cc(-c3ncc(CSc4ccc(-c5ccc[nH]c5=O)cc4)o3)c[nH]c2=O)cc1. The second kappa shape index (κ2) is 9.41. The summed E-state index contributed by atoms with van der Waals surface area (Å²) >= 11 is 1.62. The highest BCUT2D eigenvalue weighted by Crippen LogP contribution is 2.28. The summed E-state index contributed by atoms with van der Waals surface area (Å²) in [6.07, 6.45) is 4.95. The van der Waals surface area contributed by atoms with Crippen molar-refractivity contribution in [2.45, 2.75) is 17.6 Å². The minimum atomic E-state index is -0.157. The number of nitrogens with zero attached hydrogens (tertiary/aromatic N) is 1. The maximum absolute atomic E-state index is 12.4. The molecule has 7 heteroatoms. The molecule has 0 bridgehead atoms. The zero-order valence-electron chi connectivity index (χ0n) is 18.4. The fourth-order valence-electron chi connectivity index (χ4n) is 3.60. The average molecular weight is 468 g/mol. The van der Waals surface area contributed by atoms with Crippen LogP contribution in [0.15, 0.2) is 104 Å². The van der Waals surface area contributed by atoms with Gasteiger partial charge < -0.3 is 14.4 Å². The molecular formula is C27H21N3O3S. The first-order valence-corrected chi connectivity index (χ1v) is 11.7. The summed E-state index contributed by atoms with van der Waals surface area (Å²) in [5.74, 6) is 1.79. The van der Waals surface area contributed by atoms with Crippen LogP contribution in [0.4, 0.5) is 0 Å². The van der Waals surface area contributed by atoms with Gasteiger partial charge in [-0.1, -0.05) is 42.0 Å². The predicted molar refractivity (Wildman–Crippen MR) is 135 cm³/mol. The molecular weight excluding hydrogens is 446 g/mol. The molecule has 0 fully saturated rings. The molecule has 0 aliphatic carbocycles. The summed E-state index contributed by atoms with van der Waals surface area (Å²) in [5, 5.41) is 0. The third-order valence-electron chi connectivity index (χ3n) is 5.43. The fraction of sp³-hybridized carbons (Fsp3) is 0.0741. The van der Waals surface area contributed by atoms with Crippen molar-refractivity contribution < 1.29 is 4.42 Å². The molecule has 3 aromatic heterocycles. The van der Waals surface area contributed by atoms with Crippen molar-refractivity contribution in [2.75, 3.05) is 0 Å². The van der Waals surface area contributed by atoms with E-state index in [0.717, 1.165) is 27.3 Å². The molecule has 0 radical (unpaired) electrons. The van der Waals surface area contributed by atoms with Crippen molar-refractivity contribution in [3.63, 3.8) is 0 Å². The van der Waals surface area contributed by atoms with E-state index in [1.807, 2.05) is 61.5 Å². The van der Waals surface area contributed by atoms with Gasteiger partial charge in [-0.2, -0.15) is 0 Å². The first-order chi connectivity index (χ1) is 16.6. The van der Waals surface area contributed by atoms with Crippen LogP contribution in [0.25, 0.3) is 33.7 Å². The van der Waals surface area contributed by atoms with Crippen LogP contribution in [0.1, 0.15) is 11.3 Å². The highest BCUT2D eigenvalue weighted by atomic mass is 32.2. The molecule has 0 saturated heterocycles. The Balaban J connectivity index is 1.30. The van der Waals surface area contributed by atoms with Crippen LogP contribution in [0.5, 0.6) is 0 Å². The Labute approximate surface area is 199 Å². The summed E-state index contributed by atoms with van der Waals surface area (Å²) in [6.45, 7) is 2.01. The number of hydrogen-bond donors (Lipinski definition) is 2. The molecule has 168 valence electrons. The normalized spacial score (nSPS) is 11.0. The minimum absolute atomic E-state index is 0.107. The van der Waals surface area contributed by atoms with Crippen LogP contribution < -0.4 is 11.1 Å². The number of aromatic amines is 2. The van der Waals surface area contributed by atoms with Gasteiger partial charge in [0.05, 0.1) is 17.5 Å². The van der Waals surface area contributed by atoms with Crippen LogP contribution >= 0.6 is 11.8 Å². The van der Waals surface area contributed by atoms with E-state index < -0.39 is 0 Å². The smallest absolute Gasteiger partial charge is 0.255 e. The largest absolute Gasteiger partial charge is 0.440 e. The summed E-state index contributed by atoms with van der Waals surface area (Å²) in [6, 6.07) is 21.1. The van der Waals surface area contributed by atoms with Gasteiger partial charge in [-0.3, -0.25) is 9.59 Å². The van der Waals surface area contributed by atoms with E-state index in [4.69, 9.17) is 4.42 Å². The zero-order valence-corrected chi connectivity index (χ0v) is 19.2. The van der Waals surface area contributed by atoms with Gasteiger partial charge in [0.2, 0.25) is 5.89 Å². The van der Waals surface area contributed by atoms with Crippen molar-refractivity contribution in [1.82, 2.24) is 15.0 Å². The third-order valence-corrected chi connectivity index (χ3v) is 6.47. The molecule has 0 saturated carbocycles. The number of benzene rings is 2. The Morgan fingerprint density at radius 2 is 1.56 bits per heavy atom. The van der Waals surface area contributed by atoms with Crippen molar-refractivity contribution in [3.05, 3.63) is 117 Å². The number of rotatable bonds is 6. The number of pyridine rings is 2. The Hall–Kier alpha value is -4.10. The Morgan fingerprint density at radius 3 is 2.32 bits per heavy atom. The van der Waals surface area contributed by atoms with Gasteiger partial charge >= 0.3 is 0 Å². The molecule has 2 N–H and O–H groups in total. The standard InChI is InChI=1S/C27H21N3O3S/c1-17-4-6-19(7-5-17)24-13-20(14-29-26(24)32)27-30-15-21(33-27)16-34-22-10-8-18(9-11-22)23-3-2-12-28-25(23)31/h2-15H,16H2,1H3,(H,28,31)(H,29,32). The van der Waals surface area contributed by atoms with Gasteiger partial charge in [-0.05, 0) is 48.4 Å². The lowest BCUT2D eigenvalue weighted by Crippen LogP contribution is -2.08. The van der Waals surface area contributed by atoms with E-state index in [1.165, 1.54) is 0 Å². The molecule has 0 atom stereocenters. The Morgan fingerprint density at radius 1 is 0.853 bits per heavy atom. The Bertz CT molecular complexity index is 1550. The maximum atomic E-state index is 12.4. The second-order valence-electron chi connectivity index (χ2n) is 7.85. The number of oxazole rings is 1. The second-order valence-corrected chi connectivity index (χ2v) is 8.90. The van der Waals surface area contributed by atoms with Crippen LogP contribution in [0.2, 0.25) is 0 Å². The minimum Gasteiger partial charge on any atom is -0.440 e. The number of aromatic nitrogens is 3. The molecule has 0 aliphatic heterocycles. The van der Waals surface area contributed by atoms with Crippen LogP contribution in [-0.4, -0.2) is 15.0 Å². The van der Waals surface area contributed by atoms with E-state index in [9.17, 15) is 9.59 Å². The van der Waals surface area contributed by atoms with Gasteiger partial charge in [0.1, 0.15) is 5.76 Å². The number of thioether (sulfide) groups is 1. The van der Waals surface area contributed by atoms with Crippen LogP contribution in [0, 0.1) is 6.92 Å². The number of H-pyrrole nitrogens is 2. The highest BCUT2D eigenvalue weighted by molar-refractivity contribution is 7.98. The molecule has 0 amide bonds. The monoisotopic (exact) mass is 467 g/mol. The predicted octanol–water partition coefficient (Wildman–Crippen LogP) is 5.65. The van der Waals surface area contributed by atoms with Crippen LogP contribution in [-0.2, 0) is 5.75 Å². The lowest BCUT2D eigenvalue weighted by atomic mass is 10.0. The highest BCUT2D eigenvalue weighted by Gasteiger charge is 2.12. The number of hydrogen-bond acceptors (Lipinski definition) is 5. The molecule has 0 unspecified atom stereocenters. The van der Waals surface area contributed by atoms with E-state index >= 15 is 0 Å². The summed E-state index contributed by atoms with van der Waals surface area (Å²) in [7, 11) is 0. The molecule has 3 heterocycles. The van der Waals surface area contributed by atoms with E-state index in [0.29, 0.717) is 28.3 Å². The summed E-state index contributed by atoms with van der Waals surface area (Å²) < 4.78 is 5.95. The lowest BCUT2D eigenvalue weighted by Gasteiger charge is -2.04. The maximum Gasteiger partial charge on any atom is 0.255 e. The van der Waals surface area contributed by atoms with Crippen molar-refractivity contribution >= 4 is 11.8 Å². The summed E-state index contributed by atoms with van der Waals surface area (Å²) in [5.41, 5.74) is 4.51. The first-order valence-electron chi connectivity index (χ1n) is 10.7. The number of aryl methyl sites for hydroxylation is 1. The van der Waals surface area contributed by atoms with Crippen molar-refractivity contribution in [3.8, 4) is 33.7 Å². The van der Waals surface area contributed by atoms with Gasteiger partial charge in [0, 0.05) is 28.4 Å².